The van der Waals surface area contributed by atoms with Gasteiger partial charge in [0.25, 0.3) is 5.56 Å². The highest BCUT2D eigenvalue weighted by Gasteiger charge is 2.45. The van der Waals surface area contributed by atoms with Crippen molar-refractivity contribution in [3.63, 3.8) is 0 Å². The van der Waals surface area contributed by atoms with Gasteiger partial charge in [-0.2, -0.15) is 0 Å². The number of cyclic esters (lactones) is 1. The van der Waals surface area contributed by atoms with Crippen molar-refractivity contribution in [3.05, 3.63) is 86.2 Å². The van der Waals surface area contributed by atoms with E-state index < -0.39 is 56.7 Å². The van der Waals surface area contributed by atoms with Crippen LogP contribution >= 0.6 is 0 Å². The van der Waals surface area contributed by atoms with Crippen molar-refractivity contribution >= 4 is 50.5 Å². The quantitative estimate of drug-likeness (QED) is 0.0243. The molecule has 2 aliphatic rings. The van der Waals surface area contributed by atoms with Crippen LogP contribution in [0.3, 0.4) is 0 Å². The van der Waals surface area contributed by atoms with Gasteiger partial charge in [-0.25, -0.2) is 32.6 Å². The Hall–Kier alpha value is -6.00. The normalized spacial score (nSPS) is 16.6. The summed E-state index contributed by atoms with van der Waals surface area (Å²) in [7, 11) is 0.341. The molecule has 3 amide bonds. The summed E-state index contributed by atoms with van der Waals surface area (Å²) in [6.07, 6.45) is 12.2. The van der Waals surface area contributed by atoms with Gasteiger partial charge in [-0.3, -0.25) is 19.2 Å². The van der Waals surface area contributed by atoms with Crippen LogP contribution in [-0.4, -0.2) is 127 Å². The third-order valence-electron chi connectivity index (χ3n) is 13.1. The largest absolute Gasteiger partial charge is 0.458 e. The maximum atomic E-state index is 14.9. The van der Waals surface area contributed by atoms with Crippen LogP contribution in [0, 0.1) is 18.7 Å². The summed E-state index contributed by atoms with van der Waals surface area (Å²) in [6, 6.07) is 2.81. The van der Waals surface area contributed by atoms with E-state index in [1.54, 1.807) is 38.1 Å². The summed E-state index contributed by atoms with van der Waals surface area (Å²) in [5.41, 5.74) is 1.47. The Labute approximate surface area is 419 Å². The molecular formula is C51H68FN9O10S. The van der Waals surface area contributed by atoms with Crippen molar-refractivity contribution in [2.45, 2.75) is 128 Å². The monoisotopic (exact) mass is 1020 g/mol. The second kappa shape index (κ2) is 24.1. The molecule has 1 unspecified atom stereocenters. The number of nitrogens with one attached hydrogen (secondary N) is 4. The number of pyridine rings is 2. The first-order valence-corrected chi connectivity index (χ1v) is 26.4. The van der Waals surface area contributed by atoms with E-state index in [2.05, 4.69) is 38.2 Å². The molecule has 2 aliphatic heterocycles. The molecule has 19 nitrogen and oxygen atoms in total. The molecule has 0 spiro atoms. The first-order valence-electron chi connectivity index (χ1n) is 24.5. The Balaban J connectivity index is 1.08. The molecule has 0 bridgehead atoms. The summed E-state index contributed by atoms with van der Waals surface area (Å²) in [6.45, 7) is 9.23. The third kappa shape index (κ3) is 13.1. The van der Waals surface area contributed by atoms with E-state index in [9.17, 15) is 41.9 Å². The predicted molar refractivity (Wildman–Crippen MR) is 268 cm³/mol. The topological polar surface area (TPSA) is 253 Å². The molecular weight excluding hydrogens is 950 g/mol. The van der Waals surface area contributed by atoms with E-state index in [1.807, 2.05) is 32.8 Å². The lowest BCUT2D eigenvalue weighted by molar-refractivity contribution is -0.172. The van der Waals surface area contributed by atoms with Gasteiger partial charge >= 0.3 is 5.97 Å². The van der Waals surface area contributed by atoms with Crippen molar-refractivity contribution in [1.82, 2.24) is 45.7 Å². The summed E-state index contributed by atoms with van der Waals surface area (Å²) in [5, 5.41) is 23.4. The second-order valence-corrected chi connectivity index (χ2v) is 21.2. The molecule has 4 aromatic rings. The minimum atomic E-state index is -3.57. The van der Waals surface area contributed by atoms with E-state index in [4.69, 9.17) is 14.5 Å². The van der Waals surface area contributed by atoms with Crippen molar-refractivity contribution < 1.29 is 46.6 Å². The highest BCUT2D eigenvalue weighted by atomic mass is 32.2. The van der Waals surface area contributed by atoms with Gasteiger partial charge in [0.1, 0.15) is 25.2 Å². The number of hydrogen-bond donors (Lipinski definition) is 5. The van der Waals surface area contributed by atoms with Crippen LogP contribution in [0.1, 0.15) is 106 Å². The molecule has 5 heterocycles. The van der Waals surface area contributed by atoms with Gasteiger partial charge in [-0.05, 0) is 101 Å². The van der Waals surface area contributed by atoms with Crippen molar-refractivity contribution in [2.75, 3.05) is 46.8 Å². The highest BCUT2D eigenvalue weighted by Crippen LogP contribution is 2.41. The van der Waals surface area contributed by atoms with E-state index in [-0.39, 0.29) is 73.6 Å². The number of ether oxygens (including phenoxy) is 2. The molecule has 0 radical (unpaired) electrons. The molecule has 4 atom stereocenters. The molecule has 0 saturated carbocycles. The zero-order chi connectivity index (χ0) is 52.5. The number of aliphatic hydroxyl groups is 1. The van der Waals surface area contributed by atoms with Crippen LogP contribution in [0.2, 0.25) is 0 Å². The molecule has 0 saturated heterocycles. The molecule has 72 heavy (non-hydrogen) atoms. The summed E-state index contributed by atoms with van der Waals surface area (Å²) >= 11 is 0. The Morgan fingerprint density at radius 1 is 1.03 bits per heavy atom. The number of sulfone groups is 1. The maximum Gasteiger partial charge on any atom is 0.343 e. The van der Waals surface area contributed by atoms with Gasteiger partial charge < -0.3 is 45.3 Å². The smallest absolute Gasteiger partial charge is 0.343 e. The summed E-state index contributed by atoms with van der Waals surface area (Å²) in [5.74, 6) is -2.87. The fraction of sp³-hybridized carbons (Fsp3) is 0.529. The van der Waals surface area contributed by atoms with E-state index >= 15 is 0 Å². The Morgan fingerprint density at radius 3 is 2.43 bits per heavy atom. The van der Waals surface area contributed by atoms with Gasteiger partial charge in [-0.1, -0.05) is 52.7 Å². The number of aryl methyl sites for hydroxylation is 1. The third-order valence-corrected chi connectivity index (χ3v) is 13.9. The van der Waals surface area contributed by atoms with Crippen molar-refractivity contribution in [2.24, 2.45) is 5.92 Å². The number of fused-ring (bicyclic) bond motifs is 5. The summed E-state index contributed by atoms with van der Waals surface area (Å²) in [4.78, 5) is 82.0. The number of nitrogens with zero attached hydrogens (tertiary/aromatic N) is 5. The fourth-order valence-corrected chi connectivity index (χ4v) is 9.45. The Bertz CT molecular complexity index is 2860. The summed E-state index contributed by atoms with van der Waals surface area (Å²) < 4.78 is 51.2. The standard InChI is InChI=1S/C51H68FN9O10S/c1-9-11-15-33(21-32-24-54-50(55-25-32)72(8,68)69)57-44(30(3)4)47(64)59-40(17-12-13-18-60(6)7)46(63)53-26-43(62)56-29-70-19-14-16-34-35-20-31(5)39(52)23-41(35)58-45-36(34)27-61-42(45)22-38-37(48(61)65)28-71-49(66)51(38,67)10-2/h14,16,20,22-25,30,33,40,44,57,67H,9-13,15,17-19,21,26-29H2,1-8H3,(H,53,63)(H,56,62)(H,59,64)/b16-14+/t33?,40-,44-,51-/m0/s1. The zero-order valence-electron chi connectivity index (χ0n) is 42.4. The lowest BCUT2D eigenvalue weighted by Crippen LogP contribution is -2.56. The van der Waals surface area contributed by atoms with Gasteiger partial charge in [0.2, 0.25) is 32.7 Å². The number of benzene rings is 1. The molecule has 1 aromatic carbocycles. The number of amides is 3. The molecule has 6 rings (SSSR count). The Kier molecular flexibility index (Phi) is 18.6. The van der Waals surface area contributed by atoms with Crippen LogP contribution in [0.25, 0.3) is 28.4 Å². The van der Waals surface area contributed by atoms with Crippen LogP contribution in [-0.2, 0) is 63.7 Å². The van der Waals surface area contributed by atoms with Crippen molar-refractivity contribution in [1.29, 1.82) is 0 Å². The highest BCUT2D eigenvalue weighted by molar-refractivity contribution is 7.90. The SMILES string of the molecule is CCCCC(Cc1cnc(S(C)(=O)=O)nc1)N[C@H](C(=O)N[C@@H](CCCCN(C)C)C(=O)NCC(=O)NCOC/C=C/c1c2c(nc3cc(F)c(C)cc13)-c1cc3c(c(=O)n1C2)COC(=O)[C@]3(O)CC)C(C)C. The minimum Gasteiger partial charge on any atom is -0.458 e. The molecule has 0 aliphatic carbocycles. The second-order valence-electron chi connectivity index (χ2n) is 19.2. The number of hydrogen-bond acceptors (Lipinski definition) is 15. The number of carbonyl (C=O) groups excluding carboxylic acids is 4. The molecule has 0 fully saturated rings. The lowest BCUT2D eigenvalue weighted by atomic mass is 9.86. The van der Waals surface area contributed by atoms with Crippen LogP contribution in [0.15, 0.2) is 46.6 Å². The fourth-order valence-electron chi connectivity index (χ4n) is 8.96. The van der Waals surface area contributed by atoms with Crippen molar-refractivity contribution in [3.8, 4) is 11.4 Å². The minimum absolute atomic E-state index is 0.0154. The zero-order valence-corrected chi connectivity index (χ0v) is 43.2. The number of rotatable bonds is 25. The molecule has 3 aromatic heterocycles. The number of unbranched alkanes of at least 4 members (excludes halogenated alkanes) is 2. The number of aromatic nitrogens is 4. The Morgan fingerprint density at radius 2 is 1.76 bits per heavy atom. The van der Waals surface area contributed by atoms with E-state index in [0.29, 0.717) is 63.8 Å². The maximum absolute atomic E-state index is 14.9. The number of esters is 1. The van der Waals surface area contributed by atoms with Crippen LogP contribution in [0.5, 0.6) is 0 Å². The molecule has 21 heteroatoms. The average molecular weight is 1020 g/mol. The van der Waals surface area contributed by atoms with E-state index in [0.717, 1.165) is 38.5 Å². The predicted octanol–water partition coefficient (Wildman–Crippen LogP) is 3.57. The molecule has 390 valence electrons. The van der Waals surface area contributed by atoms with E-state index in [1.165, 1.54) is 23.0 Å². The van der Waals surface area contributed by atoms with Gasteiger partial charge in [0, 0.05) is 47.3 Å². The van der Waals surface area contributed by atoms with Crippen LogP contribution in [0.4, 0.5) is 4.39 Å². The average Bonchev–Trinajstić information content (AvgIpc) is 3.70. The number of carbonyl (C=O) groups is 4. The number of halogens is 1. The van der Waals surface area contributed by atoms with Gasteiger partial charge in [0.15, 0.2) is 5.60 Å². The van der Waals surface area contributed by atoms with Gasteiger partial charge in [0.05, 0.1) is 48.2 Å². The molecule has 5 N–H and O–H groups in total. The first-order chi connectivity index (χ1) is 34.2. The van der Waals surface area contributed by atoms with Gasteiger partial charge in [-0.15, -0.1) is 0 Å². The first kappa shape index (κ1) is 55.3. The van der Waals surface area contributed by atoms with Crippen LogP contribution < -0.4 is 26.8 Å². The lowest BCUT2D eigenvalue weighted by Gasteiger charge is -2.31.